The monoisotopic (exact) mass is 479 g/mol. The fraction of sp³-hybridized carbons (Fsp3) is 0.423. The second-order valence-electron chi connectivity index (χ2n) is 10.4. The lowest BCUT2D eigenvalue weighted by molar-refractivity contribution is -0.0182. The number of amides is 1. The molecule has 0 saturated carbocycles. The lowest BCUT2D eigenvalue weighted by atomic mass is 9.64. The van der Waals surface area contributed by atoms with Gasteiger partial charge in [0.25, 0.3) is 0 Å². The highest BCUT2D eigenvalue weighted by atomic mass is 19.1. The summed E-state index contributed by atoms with van der Waals surface area (Å²) in [4.78, 5) is 14.7. The van der Waals surface area contributed by atoms with Crippen molar-refractivity contribution in [1.29, 1.82) is 0 Å². The van der Waals surface area contributed by atoms with Crippen molar-refractivity contribution in [3.8, 4) is 5.69 Å². The molecule has 0 spiro atoms. The zero-order valence-corrected chi connectivity index (χ0v) is 20.4. The minimum atomic E-state index is -0.880. The number of aliphatic hydroxyl groups excluding tert-OH is 1. The molecule has 1 aliphatic heterocycles. The first-order valence-electron chi connectivity index (χ1n) is 11.7. The van der Waals surface area contributed by atoms with Crippen LogP contribution in [0, 0.1) is 11.2 Å². The molecule has 2 atom stereocenters. The molecule has 2 aromatic heterocycles. The maximum atomic E-state index is 13.5. The molecular weight excluding hydrogens is 449 g/mol. The van der Waals surface area contributed by atoms with Crippen LogP contribution in [-0.2, 0) is 18.2 Å². The Morgan fingerprint density at radius 2 is 1.94 bits per heavy atom. The van der Waals surface area contributed by atoms with E-state index < -0.39 is 17.1 Å². The number of ether oxygens (including phenoxy) is 1. The van der Waals surface area contributed by atoms with Crippen LogP contribution in [0.3, 0.4) is 0 Å². The smallest absolute Gasteiger partial charge is 0.410 e. The third-order valence-electron chi connectivity index (χ3n) is 6.75. The number of carbonyl (C=O) groups is 1. The summed E-state index contributed by atoms with van der Waals surface area (Å²) in [5.41, 5.74) is 3.00. The van der Waals surface area contributed by atoms with Gasteiger partial charge in [0.1, 0.15) is 11.4 Å². The molecular formula is C26H30FN5O3. The molecule has 1 saturated heterocycles. The molecule has 2 aliphatic rings. The first kappa shape index (κ1) is 23.3. The normalized spacial score (nSPS) is 20.6. The summed E-state index contributed by atoms with van der Waals surface area (Å²) in [6.07, 6.45) is 7.14. The Balaban J connectivity index is 1.56. The van der Waals surface area contributed by atoms with Crippen LogP contribution in [0.4, 0.5) is 9.18 Å². The van der Waals surface area contributed by atoms with E-state index in [-0.39, 0.29) is 11.9 Å². The minimum Gasteiger partial charge on any atom is -0.444 e. The molecule has 1 aliphatic carbocycles. The number of nitrogens with zero attached hydrogens (tertiary/aromatic N) is 5. The van der Waals surface area contributed by atoms with Gasteiger partial charge in [-0.15, -0.1) is 0 Å². The fourth-order valence-corrected chi connectivity index (χ4v) is 5.13. The number of aromatic nitrogens is 4. The Bertz CT molecular complexity index is 1290. The van der Waals surface area contributed by atoms with Gasteiger partial charge in [0.2, 0.25) is 0 Å². The molecule has 3 aromatic rings. The maximum Gasteiger partial charge on any atom is 0.410 e. The lowest BCUT2D eigenvalue weighted by Gasteiger charge is -2.48. The zero-order chi connectivity index (χ0) is 25.0. The molecule has 1 fully saturated rings. The molecule has 1 amide bonds. The van der Waals surface area contributed by atoms with Gasteiger partial charge in [0, 0.05) is 37.3 Å². The summed E-state index contributed by atoms with van der Waals surface area (Å²) in [6, 6.07) is 6.21. The number of hydrogen-bond donors (Lipinski definition) is 1. The number of hydrogen-bond acceptors (Lipinski definition) is 5. The van der Waals surface area contributed by atoms with Crippen molar-refractivity contribution in [2.24, 2.45) is 12.5 Å². The van der Waals surface area contributed by atoms with Gasteiger partial charge in [-0.3, -0.25) is 4.68 Å². The van der Waals surface area contributed by atoms with Crippen LogP contribution in [-0.4, -0.2) is 54.4 Å². The summed E-state index contributed by atoms with van der Waals surface area (Å²) >= 11 is 0. The number of fused-ring (bicyclic) bond motifs is 2. The fourth-order valence-electron chi connectivity index (χ4n) is 5.13. The molecule has 1 aromatic carbocycles. The number of benzene rings is 1. The molecule has 0 radical (unpaired) electrons. The molecule has 2 unspecified atom stereocenters. The highest BCUT2D eigenvalue weighted by Gasteiger charge is 2.50. The summed E-state index contributed by atoms with van der Waals surface area (Å²) in [5, 5.41) is 20.5. The van der Waals surface area contributed by atoms with Gasteiger partial charge in [0.15, 0.2) is 0 Å². The van der Waals surface area contributed by atoms with Crippen LogP contribution in [0.2, 0.25) is 0 Å². The van der Waals surface area contributed by atoms with E-state index in [0.717, 1.165) is 22.5 Å². The summed E-state index contributed by atoms with van der Waals surface area (Å²) < 4.78 is 22.6. The number of rotatable bonds is 3. The SMILES string of the molecule is Cn1cc(C(O)C23Cc4cnn(-c5ccc(F)cc5)c4C=C2CCN(C(=O)OC(C)(C)C)C3)cn1. The van der Waals surface area contributed by atoms with Crippen LogP contribution in [0.15, 0.2) is 48.4 Å². The first-order valence-corrected chi connectivity index (χ1v) is 11.7. The molecule has 1 N–H and O–H groups in total. The van der Waals surface area contributed by atoms with Crippen molar-refractivity contribution in [3.05, 3.63) is 71.1 Å². The number of halogens is 1. The third-order valence-corrected chi connectivity index (χ3v) is 6.75. The van der Waals surface area contributed by atoms with Crippen LogP contribution < -0.4 is 0 Å². The van der Waals surface area contributed by atoms with Gasteiger partial charge < -0.3 is 14.7 Å². The van der Waals surface area contributed by atoms with Gasteiger partial charge in [-0.25, -0.2) is 13.9 Å². The quantitative estimate of drug-likeness (QED) is 0.613. The van der Waals surface area contributed by atoms with Crippen molar-refractivity contribution in [2.75, 3.05) is 13.1 Å². The topological polar surface area (TPSA) is 85.4 Å². The van der Waals surface area contributed by atoms with Crippen molar-refractivity contribution in [3.63, 3.8) is 0 Å². The molecule has 184 valence electrons. The van der Waals surface area contributed by atoms with Crippen molar-refractivity contribution in [1.82, 2.24) is 24.5 Å². The minimum absolute atomic E-state index is 0.304. The van der Waals surface area contributed by atoms with Gasteiger partial charge in [-0.2, -0.15) is 10.2 Å². The average molecular weight is 480 g/mol. The van der Waals surface area contributed by atoms with Crippen molar-refractivity contribution in [2.45, 2.75) is 45.3 Å². The number of likely N-dealkylation sites (tertiary alicyclic amines) is 1. The lowest BCUT2D eigenvalue weighted by Crippen LogP contribution is -2.53. The average Bonchev–Trinajstić information content (AvgIpc) is 3.41. The van der Waals surface area contributed by atoms with E-state index in [2.05, 4.69) is 16.3 Å². The number of piperidine rings is 1. The summed E-state index contributed by atoms with van der Waals surface area (Å²) in [7, 11) is 1.81. The van der Waals surface area contributed by atoms with Crippen molar-refractivity contribution < 1.29 is 19.0 Å². The molecule has 5 rings (SSSR count). The van der Waals surface area contributed by atoms with Crippen LogP contribution in [0.25, 0.3) is 11.8 Å². The Labute approximate surface area is 203 Å². The van der Waals surface area contributed by atoms with Gasteiger partial charge in [-0.05, 0) is 69.5 Å². The van der Waals surface area contributed by atoms with Crippen molar-refractivity contribution >= 4 is 12.2 Å². The van der Waals surface area contributed by atoms with E-state index in [9.17, 15) is 14.3 Å². The number of aliphatic hydroxyl groups is 1. The van der Waals surface area contributed by atoms with Crippen LogP contribution in [0.5, 0.6) is 0 Å². The Hall–Kier alpha value is -3.46. The summed E-state index contributed by atoms with van der Waals surface area (Å²) in [6.45, 7) is 6.33. The van der Waals surface area contributed by atoms with E-state index in [1.807, 2.05) is 27.8 Å². The number of carbonyl (C=O) groups excluding carboxylic acids is 1. The molecule has 35 heavy (non-hydrogen) atoms. The van der Waals surface area contributed by atoms with E-state index in [0.29, 0.717) is 31.5 Å². The highest BCUT2D eigenvalue weighted by molar-refractivity contribution is 5.70. The van der Waals surface area contributed by atoms with E-state index in [4.69, 9.17) is 4.74 Å². The highest BCUT2D eigenvalue weighted by Crippen LogP contribution is 2.51. The molecule has 3 heterocycles. The standard InChI is InChI=1S/C26H30FN5O3/c1-25(2,3)35-24(34)31-10-9-19-11-22-17(13-29-32(22)21-7-5-20(27)6-8-21)12-26(19,16-31)23(33)18-14-28-30(4)15-18/h5-8,11,13-15,23,33H,9-10,12,16H2,1-4H3. The maximum absolute atomic E-state index is 13.5. The largest absolute Gasteiger partial charge is 0.444 e. The Morgan fingerprint density at radius 1 is 1.20 bits per heavy atom. The Kier molecular flexibility index (Phi) is 5.55. The first-order chi connectivity index (χ1) is 16.6. The molecule has 0 bridgehead atoms. The van der Waals surface area contributed by atoms with E-state index in [1.54, 1.807) is 45.0 Å². The molecule has 8 nitrogen and oxygen atoms in total. The third kappa shape index (κ3) is 4.25. The van der Waals surface area contributed by atoms with Crippen LogP contribution in [0.1, 0.15) is 50.1 Å². The van der Waals surface area contributed by atoms with E-state index >= 15 is 0 Å². The van der Waals surface area contributed by atoms with Gasteiger partial charge in [-0.1, -0.05) is 5.57 Å². The summed E-state index contributed by atoms with van der Waals surface area (Å²) in [5.74, 6) is -0.304. The Morgan fingerprint density at radius 3 is 2.60 bits per heavy atom. The zero-order valence-electron chi connectivity index (χ0n) is 20.4. The second kappa shape index (κ2) is 8.34. The predicted octanol–water partition coefficient (Wildman–Crippen LogP) is 4.05. The molecule has 9 heteroatoms. The number of aryl methyl sites for hydroxylation is 1. The van der Waals surface area contributed by atoms with Gasteiger partial charge >= 0.3 is 6.09 Å². The predicted molar refractivity (Wildman–Crippen MR) is 128 cm³/mol. The van der Waals surface area contributed by atoms with E-state index in [1.165, 1.54) is 12.1 Å². The van der Waals surface area contributed by atoms with Crippen LogP contribution >= 0.6 is 0 Å². The second-order valence-corrected chi connectivity index (χ2v) is 10.4. The van der Waals surface area contributed by atoms with Gasteiger partial charge in [0.05, 0.1) is 29.9 Å².